The fraction of sp³-hybridized carbons (Fsp3) is 0.750. The van der Waals surface area contributed by atoms with Gasteiger partial charge in [0.15, 0.2) is 5.84 Å². The van der Waals surface area contributed by atoms with Crippen LogP contribution in [0.1, 0.15) is 0 Å². The van der Waals surface area contributed by atoms with Crippen LogP contribution in [0.25, 0.3) is 0 Å². The van der Waals surface area contributed by atoms with Gasteiger partial charge in [-0.3, -0.25) is 0 Å². The highest BCUT2D eigenvalue weighted by Gasteiger charge is 1.89. The minimum Gasteiger partial charge on any atom is -0.394 e. The molecule has 0 amide bonds. The van der Waals surface area contributed by atoms with Crippen LogP contribution in [0, 0.1) is 0 Å². The molecule has 0 spiro atoms. The van der Waals surface area contributed by atoms with Gasteiger partial charge in [-0.25, -0.2) is 0 Å². The largest absolute Gasteiger partial charge is 0.394 e. The lowest BCUT2D eigenvalue weighted by molar-refractivity contribution is 0.305. The van der Waals surface area contributed by atoms with Gasteiger partial charge in [-0.15, -0.1) is 16.7 Å². The van der Waals surface area contributed by atoms with E-state index in [4.69, 9.17) is 22.6 Å². The van der Waals surface area contributed by atoms with Crippen LogP contribution in [0.15, 0.2) is 15.3 Å². The van der Waals surface area contributed by atoms with Crippen molar-refractivity contribution in [3.8, 4) is 0 Å². The number of hydrogen-bond donors (Lipinski definition) is 2. The van der Waals surface area contributed by atoms with Crippen molar-refractivity contribution in [1.82, 2.24) is 0 Å². The molecule has 3 N–H and O–H groups in total. The van der Waals surface area contributed by atoms with Crippen LogP contribution in [0.5, 0.6) is 0 Å². The summed E-state index contributed by atoms with van der Waals surface area (Å²) in [5, 5.41) is 18.5. The first-order valence-corrected chi connectivity index (χ1v) is 3.19. The van der Waals surface area contributed by atoms with Gasteiger partial charge in [-0.1, -0.05) is 0 Å². The molecule has 10 heavy (non-hydrogen) atoms. The van der Waals surface area contributed by atoms with Gasteiger partial charge in [0.25, 0.3) is 0 Å². The van der Waals surface area contributed by atoms with Gasteiger partial charge < -0.3 is 10.9 Å². The number of rotatable bonds is 3. The SMILES string of the molecule is N/N=C(/CCl)N=NCCO. The van der Waals surface area contributed by atoms with E-state index in [1.54, 1.807) is 0 Å². The van der Waals surface area contributed by atoms with E-state index in [0.717, 1.165) is 0 Å². The highest BCUT2D eigenvalue weighted by molar-refractivity contribution is 6.28. The molecule has 5 nitrogen and oxygen atoms in total. The summed E-state index contributed by atoms with van der Waals surface area (Å²) < 4.78 is 0. The number of nitrogens with zero attached hydrogens (tertiary/aromatic N) is 3. The van der Waals surface area contributed by atoms with Crippen LogP contribution >= 0.6 is 11.6 Å². The molecule has 0 aliphatic carbocycles. The normalized spacial score (nSPS) is 12.8. The Morgan fingerprint density at radius 3 is 2.70 bits per heavy atom. The van der Waals surface area contributed by atoms with Crippen molar-refractivity contribution < 1.29 is 5.11 Å². The monoisotopic (exact) mass is 164 g/mol. The van der Waals surface area contributed by atoms with E-state index in [9.17, 15) is 0 Å². The fourth-order valence-corrected chi connectivity index (χ4v) is 0.386. The lowest BCUT2D eigenvalue weighted by Gasteiger charge is -1.88. The van der Waals surface area contributed by atoms with E-state index in [0.29, 0.717) is 0 Å². The third kappa shape index (κ3) is 4.22. The summed E-state index contributed by atoms with van der Waals surface area (Å²) in [5.74, 6) is 5.24. The average Bonchev–Trinajstić information content (AvgIpc) is 1.99. The molecule has 0 radical (unpaired) electrons. The molecule has 58 valence electrons. The second-order valence-corrected chi connectivity index (χ2v) is 1.63. The van der Waals surface area contributed by atoms with Crippen LogP contribution in [0.3, 0.4) is 0 Å². The molecule has 0 saturated carbocycles. The maximum Gasteiger partial charge on any atom is 0.184 e. The molecule has 0 heterocycles. The fourth-order valence-electron chi connectivity index (χ4n) is 0.263. The van der Waals surface area contributed by atoms with Gasteiger partial charge in [0.1, 0.15) is 0 Å². The molecule has 6 heteroatoms. The Labute approximate surface area is 63.6 Å². The smallest absolute Gasteiger partial charge is 0.184 e. The Kier molecular flexibility index (Phi) is 6.00. The Bertz CT molecular complexity index is 135. The van der Waals surface area contributed by atoms with Gasteiger partial charge in [0.2, 0.25) is 0 Å². The van der Waals surface area contributed by atoms with Crippen molar-refractivity contribution >= 4 is 17.4 Å². The van der Waals surface area contributed by atoms with Gasteiger partial charge in [0, 0.05) is 0 Å². The quantitative estimate of drug-likeness (QED) is 0.153. The van der Waals surface area contributed by atoms with E-state index in [2.05, 4.69) is 15.3 Å². The molecule has 0 aliphatic heterocycles. The summed E-state index contributed by atoms with van der Waals surface area (Å²) in [6.07, 6.45) is 0. The van der Waals surface area contributed by atoms with Gasteiger partial charge in [-0.2, -0.15) is 10.2 Å². The standard InChI is InChI=1S/C4H9ClN4O/c5-3-4(8-6)9-7-1-2-10/h10H,1-3,6H2/b8-4-,9-7?. The molecule has 0 saturated heterocycles. The third-order valence-electron chi connectivity index (χ3n) is 0.655. The molecule has 0 fully saturated rings. The van der Waals surface area contributed by atoms with Crippen LogP contribution in [-0.2, 0) is 0 Å². The van der Waals surface area contributed by atoms with E-state index in [1.165, 1.54) is 0 Å². The maximum atomic E-state index is 8.27. The first-order valence-electron chi connectivity index (χ1n) is 2.66. The topological polar surface area (TPSA) is 83.3 Å². The summed E-state index contributed by atoms with van der Waals surface area (Å²) in [6, 6.07) is 0. The third-order valence-corrected chi connectivity index (χ3v) is 0.894. The van der Waals surface area contributed by atoms with Crippen molar-refractivity contribution in [2.24, 2.45) is 21.2 Å². The Hall–Kier alpha value is -0.680. The molecule has 0 aromatic carbocycles. The zero-order valence-electron chi connectivity index (χ0n) is 5.37. The summed E-state index contributed by atoms with van der Waals surface area (Å²) in [7, 11) is 0. The van der Waals surface area contributed by atoms with Crippen molar-refractivity contribution in [2.45, 2.75) is 0 Å². The zero-order chi connectivity index (χ0) is 7.82. The predicted octanol–water partition coefficient (Wildman–Crippen LogP) is -0.0581. The summed E-state index contributed by atoms with van der Waals surface area (Å²) >= 11 is 5.32. The number of aliphatic hydroxyl groups is 1. The van der Waals surface area contributed by atoms with Gasteiger partial charge in [0.05, 0.1) is 19.0 Å². The van der Waals surface area contributed by atoms with Crippen LogP contribution in [0.2, 0.25) is 0 Å². The zero-order valence-corrected chi connectivity index (χ0v) is 6.12. The van der Waals surface area contributed by atoms with Gasteiger partial charge in [-0.05, 0) is 0 Å². The number of hydrogen-bond acceptors (Lipinski definition) is 4. The molecular weight excluding hydrogens is 156 g/mol. The van der Waals surface area contributed by atoms with Crippen LogP contribution < -0.4 is 5.84 Å². The Balaban J connectivity index is 3.63. The van der Waals surface area contributed by atoms with Gasteiger partial charge >= 0.3 is 0 Å². The molecular formula is C4H9ClN4O. The Morgan fingerprint density at radius 2 is 2.30 bits per heavy atom. The number of nitrogens with two attached hydrogens (primary N) is 1. The lowest BCUT2D eigenvalue weighted by atomic mass is 10.7. The van der Waals surface area contributed by atoms with Crippen LogP contribution in [-0.4, -0.2) is 30.0 Å². The minimum atomic E-state index is -0.0381. The number of alkyl halides is 1. The van der Waals surface area contributed by atoms with E-state index < -0.39 is 0 Å². The first kappa shape index (κ1) is 9.32. The van der Waals surface area contributed by atoms with Crippen molar-refractivity contribution in [3.05, 3.63) is 0 Å². The number of amidine groups is 1. The minimum absolute atomic E-state index is 0.0381. The molecule has 0 aromatic rings. The second kappa shape index (κ2) is 6.44. The molecule has 0 bridgehead atoms. The highest BCUT2D eigenvalue weighted by Crippen LogP contribution is 1.85. The van der Waals surface area contributed by atoms with Crippen molar-refractivity contribution in [1.29, 1.82) is 0 Å². The van der Waals surface area contributed by atoms with Crippen molar-refractivity contribution in [3.63, 3.8) is 0 Å². The van der Waals surface area contributed by atoms with E-state index in [1.807, 2.05) is 0 Å². The summed E-state index contributed by atoms with van der Waals surface area (Å²) in [4.78, 5) is 0. The number of hydrazone groups is 1. The number of azo groups is 1. The summed E-state index contributed by atoms with van der Waals surface area (Å²) in [5.41, 5.74) is 0. The molecule has 0 aliphatic rings. The van der Waals surface area contributed by atoms with Crippen molar-refractivity contribution in [2.75, 3.05) is 19.0 Å². The molecule has 0 rings (SSSR count). The molecule has 0 unspecified atom stereocenters. The second-order valence-electron chi connectivity index (χ2n) is 1.37. The highest BCUT2D eigenvalue weighted by atomic mass is 35.5. The van der Waals surface area contributed by atoms with Crippen LogP contribution in [0.4, 0.5) is 0 Å². The summed E-state index contributed by atoms with van der Waals surface area (Å²) in [6.45, 7) is 0.208. The predicted molar refractivity (Wildman–Crippen MR) is 39.2 cm³/mol. The Morgan fingerprint density at radius 1 is 1.60 bits per heavy atom. The lowest BCUT2D eigenvalue weighted by Crippen LogP contribution is -1.99. The molecule has 0 aromatic heterocycles. The average molecular weight is 165 g/mol. The van der Waals surface area contributed by atoms with E-state index in [-0.39, 0.29) is 24.9 Å². The maximum absolute atomic E-state index is 8.27. The number of aliphatic hydroxyl groups excluding tert-OH is 1. The first-order chi connectivity index (χ1) is 4.85. The molecule has 0 atom stereocenters. The number of halogens is 1. The van der Waals surface area contributed by atoms with E-state index >= 15 is 0 Å².